The molecule has 5 heteroatoms. The first kappa shape index (κ1) is 12.0. The Morgan fingerprint density at radius 1 is 1.67 bits per heavy atom. The molecule has 0 aliphatic carbocycles. The van der Waals surface area contributed by atoms with Crippen LogP contribution in [0.15, 0.2) is 11.4 Å². The fourth-order valence-electron chi connectivity index (χ4n) is 1.11. The van der Waals surface area contributed by atoms with Crippen LogP contribution < -0.4 is 4.74 Å². The zero-order valence-corrected chi connectivity index (χ0v) is 9.54. The monoisotopic (exact) mass is 230 g/mol. The van der Waals surface area contributed by atoms with E-state index in [0.29, 0.717) is 12.4 Å². The number of carboxylic acid groups (broad SMARTS) is 1. The predicted octanol–water partition coefficient (Wildman–Crippen LogP) is 2.25. The first-order valence-corrected chi connectivity index (χ1v) is 5.49. The smallest absolute Gasteiger partial charge is 0.349 e. The van der Waals surface area contributed by atoms with E-state index in [1.54, 1.807) is 18.6 Å². The minimum atomic E-state index is -0.945. The Morgan fingerprint density at radius 2 is 2.40 bits per heavy atom. The van der Waals surface area contributed by atoms with E-state index in [2.05, 4.69) is 0 Å². The molecule has 0 saturated heterocycles. The summed E-state index contributed by atoms with van der Waals surface area (Å²) in [6, 6.07) is 1.68. The van der Waals surface area contributed by atoms with Gasteiger partial charge in [0, 0.05) is 20.1 Å². The molecule has 1 heterocycles. The Kier molecular flexibility index (Phi) is 4.58. The lowest BCUT2D eigenvalue weighted by Gasteiger charge is -2.13. The number of hydrogen-bond acceptors (Lipinski definition) is 4. The van der Waals surface area contributed by atoms with E-state index < -0.39 is 5.97 Å². The van der Waals surface area contributed by atoms with Crippen LogP contribution in [0.3, 0.4) is 0 Å². The maximum atomic E-state index is 10.8. The Hall–Kier alpha value is -1.07. The molecule has 0 aromatic carbocycles. The molecule has 1 rings (SSSR count). The molecule has 0 radical (unpaired) electrons. The molecule has 1 aromatic heterocycles. The van der Waals surface area contributed by atoms with Gasteiger partial charge in [-0.2, -0.15) is 0 Å². The molecule has 4 nitrogen and oxygen atoms in total. The van der Waals surface area contributed by atoms with Crippen LogP contribution in [0.1, 0.15) is 23.0 Å². The lowest BCUT2D eigenvalue weighted by Crippen LogP contribution is -2.15. The first-order chi connectivity index (χ1) is 7.15. The summed E-state index contributed by atoms with van der Waals surface area (Å²) in [5, 5.41) is 10.6. The SMILES string of the molecule is COCCC(C)Oc1ccsc1C(=O)O. The molecule has 1 unspecified atom stereocenters. The number of aromatic carboxylic acids is 1. The highest BCUT2D eigenvalue weighted by Gasteiger charge is 2.14. The predicted molar refractivity (Wildman–Crippen MR) is 57.9 cm³/mol. The molecule has 0 fully saturated rings. The number of hydrogen-bond donors (Lipinski definition) is 1. The summed E-state index contributed by atoms with van der Waals surface area (Å²) in [4.78, 5) is 11.0. The normalized spacial score (nSPS) is 12.4. The molecule has 0 saturated carbocycles. The Morgan fingerprint density at radius 3 is 3.00 bits per heavy atom. The van der Waals surface area contributed by atoms with E-state index in [1.165, 1.54) is 11.3 Å². The van der Waals surface area contributed by atoms with Crippen molar-refractivity contribution in [3.8, 4) is 5.75 Å². The molecule has 0 aliphatic rings. The molecule has 15 heavy (non-hydrogen) atoms. The Balaban J connectivity index is 2.56. The summed E-state index contributed by atoms with van der Waals surface area (Å²) >= 11 is 1.17. The maximum absolute atomic E-state index is 10.8. The summed E-state index contributed by atoms with van der Waals surface area (Å²) in [5.41, 5.74) is 0. The Bertz CT molecular complexity index is 321. The highest BCUT2D eigenvalue weighted by molar-refractivity contribution is 7.12. The first-order valence-electron chi connectivity index (χ1n) is 4.61. The molecule has 0 aliphatic heterocycles. The molecule has 1 atom stereocenters. The lowest BCUT2D eigenvalue weighted by atomic mass is 10.3. The molecular weight excluding hydrogens is 216 g/mol. The van der Waals surface area contributed by atoms with Gasteiger partial charge in [-0.1, -0.05) is 0 Å². The third kappa shape index (κ3) is 3.53. The van der Waals surface area contributed by atoms with Crippen LogP contribution in [0, 0.1) is 0 Å². The van der Waals surface area contributed by atoms with E-state index >= 15 is 0 Å². The van der Waals surface area contributed by atoms with Crippen molar-refractivity contribution in [1.82, 2.24) is 0 Å². The minimum absolute atomic E-state index is 0.0438. The van der Waals surface area contributed by atoms with Crippen molar-refractivity contribution in [2.75, 3.05) is 13.7 Å². The summed E-state index contributed by atoms with van der Waals surface area (Å²) in [6.07, 6.45) is 0.698. The molecule has 0 spiro atoms. The van der Waals surface area contributed by atoms with Crippen molar-refractivity contribution in [1.29, 1.82) is 0 Å². The average Bonchev–Trinajstić information content (AvgIpc) is 2.62. The van der Waals surface area contributed by atoms with Crippen molar-refractivity contribution in [3.05, 3.63) is 16.3 Å². The minimum Gasteiger partial charge on any atom is -0.489 e. The van der Waals surface area contributed by atoms with E-state index in [9.17, 15) is 4.79 Å². The van der Waals surface area contributed by atoms with E-state index in [4.69, 9.17) is 14.6 Å². The van der Waals surface area contributed by atoms with Gasteiger partial charge in [-0.15, -0.1) is 11.3 Å². The molecule has 84 valence electrons. The van der Waals surface area contributed by atoms with Crippen LogP contribution in [-0.4, -0.2) is 30.9 Å². The number of carbonyl (C=O) groups is 1. The van der Waals surface area contributed by atoms with E-state index in [0.717, 1.165) is 6.42 Å². The van der Waals surface area contributed by atoms with Crippen molar-refractivity contribution >= 4 is 17.3 Å². The number of rotatable bonds is 6. The van der Waals surface area contributed by atoms with Gasteiger partial charge in [-0.3, -0.25) is 0 Å². The number of ether oxygens (including phenoxy) is 2. The second-order valence-corrected chi connectivity index (χ2v) is 4.05. The van der Waals surface area contributed by atoms with Crippen molar-refractivity contribution in [2.45, 2.75) is 19.4 Å². The molecule has 1 aromatic rings. The zero-order chi connectivity index (χ0) is 11.3. The molecule has 1 N–H and O–H groups in total. The van der Waals surface area contributed by atoms with Gasteiger partial charge in [0.1, 0.15) is 5.75 Å². The third-order valence-electron chi connectivity index (χ3n) is 1.88. The molecule has 0 amide bonds. The van der Waals surface area contributed by atoms with Crippen LogP contribution in [0.4, 0.5) is 0 Å². The number of methoxy groups -OCH3 is 1. The van der Waals surface area contributed by atoms with Crippen LogP contribution in [0.2, 0.25) is 0 Å². The second kappa shape index (κ2) is 5.72. The summed E-state index contributed by atoms with van der Waals surface area (Å²) in [6.45, 7) is 2.50. The standard InChI is InChI=1S/C10H14O4S/c1-7(3-5-13-2)14-8-4-6-15-9(8)10(11)12/h4,6-7H,3,5H2,1-2H3,(H,11,12). The van der Waals surface area contributed by atoms with Gasteiger partial charge < -0.3 is 14.6 Å². The van der Waals surface area contributed by atoms with Gasteiger partial charge in [0.2, 0.25) is 0 Å². The average molecular weight is 230 g/mol. The van der Waals surface area contributed by atoms with Crippen LogP contribution in [0.25, 0.3) is 0 Å². The Labute approximate surface area is 92.4 Å². The number of thiophene rings is 1. The van der Waals surface area contributed by atoms with Crippen molar-refractivity contribution in [2.24, 2.45) is 0 Å². The van der Waals surface area contributed by atoms with E-state index in [-0.39, 0.29) is 11.0 Å². The van der Waals surface area contributed by atoms with Crippen molar-refractivity contribution in [3.63, 3.8) is 0 Å². The van der Waals surface area contributed by atoms with Crippen molar-refractivity contribution < 1.29 is 19.4 Å². The lowest BCUT2D eigenvalue weighted by molar-refractivity contribution is 0.0694. The maximum Gasteiger partial charge on any atom is 0.349 e. The van der Waals surface area contributed by atoms with Gasteiger partial charge in [-0.25, -0.2) is 4.79 Å². The highest BCUT2D eigenvalue weighted by atomic mass is 32.1. The van der Waals surface area contributed by atoms with Crippen LogP contribution >= 0.6 is 11.3 Å². The fourth-order valence-corrected chi connectivity index (χ4v) is 1.77. The van der Waals surface area contributed by atoms with Gasteiger partial charge in [0.05, 0.1) is 6.10 Å². The second-order valence-electron chi connectivity index (χ2n) is 3.13. The fraction of sp³-hybridized carbons (Fsp3) is 0.500. The van der Waals surface area contributed by atoms with Gasteiger partial charge in [0.25, 0.3) is 0 Å². The molecule has 0 bridgehead atoms. The quantitative estimate of drug-likeness (QED) is 0.814. The highest BCUT2D eigenvalue weighted by Crippen LogP contribution is 2.26. The number of carboxylic acids is 1. The zero-order valence-electron chi connectivity index (χ0n) is 8.73. The van der Waals surface area contributed by atoms with Gasteiger partial charge in [0.15, 0.2) is 4.88 Å². The third-order valence-corrected chi connectivity index (χ3v) is 2.76. The van der Waals surface area contributed by atoms with E-state index in [1.807, 2.05) is 6.92 Å². The topological polar surface area (TPSA) is 55.8 Å². The van der Waals surface area contributed by atoms with Gasteiger partial charge >= 0.3 is 5.97 Å². The largest absolute Gasteiger partial charge is 0.489 e. The summed E-state index contributed by atoms with van der Waals surface area (Å²) in [5.74, 6) is -0.505. The van der Waals surface area contributed by atoms with Crippen LogP contribution in [0.5, 0.6) is 5.75 Å². The summed E-state index contributed by atoms with van der Waals surface area (Å²) in [7, 11) is 1.62. The van der Waals surface area contributed by atoms with Crippen LogP contribution in [-0.2, 0) is 4.74 Å². The van der Waals surface area contributed by atoms with Gasteiger partial charge in [-0.05, 0) is 18.4 Å². The molecular formula is C10H14O4S. The summed E-state index contributed by atoms with van der Waals surface area (Å²) < 4.78 is 10.4.